The van der Waals surface area contributed by atoms with Gasteiger partial charge in [-0.1, -0.05) is 0 Å². The van der Waals surface area contributed by atoms with Crippen LogP contribution in [-0.2, 0) is 25.4 Å². The van der Waals surface area contributed by atoms with Gasteiger partial charge in [-0.05, 0) is 13.3 Å². The van der Waals surface area contributed by atoms with Crippen molar-refractivity contribution in [1.29, 1.82) is 0 Å². The smallest absolute Gasteiger partial charge is 0.312 e. The Morgan fingerprint density at radius 3 is 2.57 bits per heavy atom. The lowest BCUT2D eigenvalue weighted by atomic mass is 9.88. The average molecular weight is 222 g/mol. The summed E-state index contributed by atoms with van der Waals surface area (Å²) in [6.07, 6.45) is 1.06. The topological polar surface area (TPSA) is 80.7 Å². The number of ether oxygens (including phenoxy) is 1. The Labute approximate surface area is 85.1 Å². The maximum Gasteiger partial charge on any atom is 0.312 e. The van der Waals surface area contributed by atoms with Gasteiger partial charge in [0, 0.05) is 6.42 Å². The van der Waals surface area contributed by atoms with Gasteiger partial charge in [-0.2, -0.15) is 0 Å². The van der Waals surface area contributed by atoms with Crippen LogP contribution in [0.25, 0.3) is 0 Å². The third-order valence-electron chi connectivity index (χ3n) is 1.93. The van der Waals surface area contributed by atoms with Gasteiger partial charge in [0.25, 0.3) is 0 Å². The first-order valence-electron chi connectivity index (χ1n) is 4.06. The van der Waals surface area contributed by atoms with Crippen LogP contribution in [0.4, 0.5) is 0 Å². The molecule has 0 aromatic rings. The summed E-state index contributed by atoms with van der Waals surface area (Å²) in [5.74, 6) is -0.783. The van der Waals surface area contributed by atoms with E-state index < -0.39 is 22.5 Å². The van der Waals surface area contributed by atoms with Crippen LogP contribution in [0.1, 0.15) is 19.8 Å². The Morgan fingerprint density at radius 1 is 1.64 bits per heavy atom. The fourth-order valence-corrected chi connectivity index (χ4v) is 1.94. The molecule has 0 fully saturated rings. The zero-order valence-corrected chi connectivity index (χ0v) is 9.00. The number of esters is 1. The maximum absolute atomic E-state index is 11.3. The summed E-state index contributed by atoms with van der Waals surface area (Å²) in [6.45, 7) is 1.51. The molecule has 0 saturated carbocycles. The van der Waals surface area contributed by atoms with Crippen LogP contribution in [0.15, 0.2) is 0 Å². The Morgan fingerprint density at radius 2 is 2.21 bits per heavy atom. The molecule has 0 aliphatic carbocycles. The van der Waals surface area contributed by atoms with E-state index in [0.717, 1.165) is 0 Å². The van der Waals surface area contributed by atoms with Crippen molar-refractivity contribution in [2.45, 2.75) is 19.8 Å². The highest BCUT2D eigenvalue weighted by Gasteiger charge is 2.35. The molecule has 0 bridgehead atoms. The molecule has 5 nitrogen and oxygen atoms in total. The van der Waals surface area contributed by atoms with E-state index >= 15 is 0 Å². The zero-order valence-electron chi connectivity index (χ0n) is 8.19. The molecule has 0 aliphatic heterocycles. The summed E-state index contributed by atoms with van der Waals surface area (Å²) in [7, 11) is 1.21. The predicted molar refractivity (Wildman–Crippen MR) is 51.1 cm³/mol. The van der Waals surface area contributed by atoms with Gasteiger partial charge >= 0.3 is 5.97 Å². The first-order valence-corrected chi connectivity index (χ1v) is 5.33. The summed E-state index contributed by atoms with van der Waals surface area (Å²) < 4.78 is 23.8. The molecule has 0 amide bonds. The highest BCUT2D eigenvalue weighted by atomic mass is 32.2. The first kappa shape index (κ1) is 13.2. The van der Waals surface area contributed by atoms with Crippen molar-refractivity contribution >= 4 is 23.3 Å². The Kier molecular flexibility index (Phi) is 5.56. The number of rotatable bonds is 6. The predicted octanol–water partition coefficient (Wildman–Crippen LogP) is 0.366. The van der Waals surface area contributed by atoms with Crippen molar-refractivity contribution in [3.05, 3.63) is 0 Å². The van der Waals surface area contributed by atoms with Gasteiger partial charge in [0.1, 0.15) is 6.29 Å². The van der Waals surface area contributed by atoms with Crippen LogP contribution in [0, 0.1) is 5.41 Å². The van der Waals surface area contributed by atoms with E-state index in [1.807, 2.05) is 0 Å². The molecule has 0 spiro atoms. The number of aldehydes is 1. The van der Waals surface area contributed by atoms with E-state index in [0.29, 0.717) is 6.29 Å². The number of hydrogen-bond acceptors (Lipinski definition) is 4. The third kappa shape index (κ3) is 3.97. The van der Waals surface area contributed by atoms with E-state index in [1.54, 1.807) is 0 Å². The lowest BCUT2D eigenvalue weighted by molar-refractivity contribution is -0.150. The molecular formula is C8H14O5S. The van der Waals surface area contributed by atoms with E-state index in [-0.39, 0.29) is 18.6 Å². The van der Waals surface area contributed by atoms with Gasteiger partial charge in [0.2, 0.25) is 0 Å². The molecule has 0 rings (SSSR count). The second kappa shape index (κ2) is 5.87. The van der Waals surface area contributed by atoms with Crippen LogP contribution in [-0.4, -0.2) is 33.9 Å². The second-order valence-corrected chi connectivity index (χ2v) is 4.16. The zero-order chi connectivity index (χ0) is 11.2. The molecule has 82 valence electrons. The van der Waals surface area contributed by atoms with Crippen molar-refractivity contribution in [3.63, 3.8) is 0 Å². The number of carbonyl (C=O) groups is 2. The van der Waals surface area contributed by atoms with Crippen LogP contribution < -0.4 is 0 Å². The normalized spacial score (nSPS) is 16.8. The van der Waals surface area contributed by atoms with Gasteiger partial charge in [-0.25, -0.2) is 4.21 Å². The Bertz CT molecular complexity index is 240. The Hall–Kier alpha value is -0.750. The first-order chi connectivity index (χ1) is 6.46. The lowest BCUT2D eigenvalue weighted by Crippen LogP contribution is -2.34. The quantitative estimate of drug-likeness (QED) is 0.399. The fraction of sp³-hybridized carbons (Fsp3) is 0.750. The number of methoxy groups -OCH3 is 1. The minimum atomic E-state index is -2.08. The Balaban J connectivity index is 4.55. The molecule has 1 unspecified atom stereocenters. The van der Waals surface area contributed by atoms with E-state index in [1.165, 1.54) is 14.0 Å². The SMILES string of the molecule is COC(=O)[C@@](C)(CCC=O)CS(=O)O. The summed E-state index contributed by atoms with van der Waals surface area (Å²) in [4.78, 5) is 21.4. The molecule has 2 atom stereocenters. The highest BCUT2D eigenvalue weighted by Crippen LogP contribution is 2.25. The van der Waals surface area contributed by atoms with Crippen LogP contribution in [0.3, 0.4) is 0 Å². The summed E-state index contributed by atoms with van der Waals surface area (Å²) in [6, 6.07) is 0. The number of hydrogen-bond donors (Lipinski definition) is 1. The van der Waals surface area contributed by atoms with Crippen LogP contribution in [0.5, 0.6) is 0 Å². The summed E-state index contributed by atoms with van der Waals surface area (Å²) in [5, 5.41) is 0. The molecule has 0 heterocycles. The van der Waals surface area contributed by atoms with Crippen molar-refractivity contribution < 1.29 is 23.1 Å². The second-order valence-electron chi connectivity index (χ2n) is 3.22. The van der Waals surface area contributed by atoms with Gasteiger partial charge in [0.05, 0.1) is 18.3 Å². The van der Waals surface area contributed by atoms with Crippen LogP contribution >= 0.6 is 0 Å². The van der Waals surface area contributed by atoms with E-state index in [2.05, 4.69) is 4.74 Å². The van der Waals surface area contributed by atoms with Gasteiger partial charge < -0.3 is 14.1 Å². The third-order valence-corrected chi connectivity index (χ3v) is 2.82. The summed E-state index contributed by atoms with van der Waals surface area (Å²) in [5.41, 5.74) is -1.06. The van der Waals surface area contributed by atoms with Crippen molar-refractivity contribution in [1.82, 2.24) is 0 Å². The fourth-order valence-electron chi connectivity index (χ4n) is 1.13. The van der Waals surface area contributed by atoms with E-state index in [9.17, 15) is 13.8 Å². The van der Waals surface area contributed by atoms with E-state index in [4.69, 9.17) is 4.55 Å². The highest BCUT2D eigenvalue weighted by molar-refractivity contribution is 7.79. The lowest BCUT2D eigenvalue weighted by Gasteiger charge is -2.23. The maximum atomic E-state index is 11.3. The van der Waals surface area contributed by atoms with Gasteiger partial charge in [-0.3, -0.25) is 4.79 Å². The molecule has 0 aromatic heterocycles. The largest absolute Gasteiger partial charge is 0.469 e. The van der Waals surface area contributed by atoms with Crippen molar-refractivity contribution in [2.24, 2.45) is 5.41 Å². The van der Waals surface area contributed by atoms with Gasteiger partial charge in [0.15, 0.2) is 11.1 Å². The van der Waals surface area contributed by atoms with Crippen molar-refractivity contribution in [3.8, 4) is 0 Å². The standard InChI is InChI=1S/C8H14O5S/c1-8(4-3-5-9,6-14(11)12)7(10)13-2/h5H,3-4,6H2,1-2H3,(H,11,12)/t8-/m0/s1. The molecular weight excluding hydrogens is 208 g/mol. The molecule has 0 aromatic carbocycles. The van der Waals surface area contributed by atoms with Gasteiger partial charge in [-0.15, -0.1) is 0 Å². The molecule has 0 aliphatic rings. The molecule has 1 N–H and O–H groups in total. The molecule has 6 heteroatoms. The monoisotopic (exact) mass is 222 g/mol. The molecule has 0 radical (unpaired) electrons. The minimum Gasteiger partial charge on any atom is -0.469 e. The average Bonchev–Trinajstić information content (AvgIpc) is 2.12. The minimum absolute atomic E-state index is 0.169. The van der Waals surface area contributed by atoms with Crippen LogP contribution in [0.2, 0.25) is 0 Å². The number of carbonyl (C=O) groups excluding carboxylic acids is 2. The molecule has 14 heavy (non-hydrogen) atoms. The van der Waals surface area contributed by atoms with Crippen molar-refractivity contribution in [2.75, 3.05) is 12.9 Å². The summed E-state index contributed by atoms with van der Waals surface area (Å²) >= 11 is -2.08. The molecule has 0 saturated heterocycles.